The van der Waals surface area contributed by atoms with Gasteiger partial charge in [0, 0.05) is 19.2 Å². The molecule has 0 radical (unpaired) electrons. The van der Waals surface area contributed by atoms with Gasteiger partial charge in [-0.3, -0.25) is 4.79 Å². The fourth-order valence-electron chi connectivity index (χ4n) is 2.95. The Bertz CT molecular complexity index is 249. The summed E-state index contributed by atoms with van der Waals surface area (Å²) in [6, 6.07) is 0.450. The summed E-state index contributed by atoms with van der Waals surface area (Å²) in [5.41, 5.74) is 0.124. The highest BCUT2D eigenvalue weighted by atomic mass is 16.5. The number of ether oxygens (including phenoxy) is 1. The average Bonchev–Trinajstić information content (AvgIpc) is 2.66. The summed E-state index contributed by atoms with van der Waals surface area (Å²) < 4.78 is 5.93. The Morgan fingerprint density at radius 2 is 2.19 bits per heavy atom. The standard InChI is InChI=1S/C12H21NO3/c14-11(15)3-7-13-10-4-8-16-12(9-10)5-1-2-6-12/h10,13H,1-9H2,(H,14,15). The van der Waals surface area contributed by atoms with E-state index in [1.807, 2.05) is 0 Å². The summed E-state index contributed by atoms with van der Waals surface area (Å²) in [7, 11) is 0. The van der Waals surface area contributed by atoms with Crippen LogP contribution in [0.4, 0.5) is 0 Å². The van der Waals surface area contributed by atoms with Gasteiger partial charge in [-0.2, -0.15) is 0 Å². The molecule has 1 spiro atoms. The monoisotopic (exact) mass is 227 g/mol. The van der Waals surface area contributed by atoms with Crippen molar-refractivity contribution in [2.24, 2.45) is 0 Å². The third-order valence-electron chi connectivity index (χ3n) is 3.78. The maximum absolute atomic E-state index is 10.4. The molecule has 1 heterocycles. The number of carbonyl (C=O) groups is 1. The smallest absolute Gasteiger partial charge is 0.304 e. The third-order valence-corrected chi connectivity index (χ3v) is 3.78. The Labute approximate surface area is 96.4 Å². The van der Waals surface area contributed by atoms with Crippen LogP contribution >= 0.6 is 0 Å². The number of aliphatic carboxylic acids is 1. The minimum atomic E-state index is -0.727. The highest BCUT2D eigenvalue weighted by Gasteiger charge is 2.39. The van der Waals surface area contributed by atoms with Crippen molar-refractivity contribution in [3.8, 4) is 0 Å². The molecule has 2 N–H and O–H groups in total. The van der Waals surface area contributed by atoms with Gasteiger partial charge in [-0.25, -0.2) is 0 Å². The number of carboxylic acid groups (broad SMARTS) is 1. The van der Waals surface area contributed by atoms with Gasteiger partial charge in [-0.1, -0.05) is 12.8 Å². The molecule has 0 amide bonds. The Hall–Kier alpha value is -0.610. The highest BCUT2D eigenvalue weighted by molar-refractivity contribution is 5.66. The molecular weight excluding hydrogens is 206 g/mol. The minimum Gasteiger partial charge on any atom is -0.481 e. The second kappa shape index (κ2) is 5.15. The molecule has 4 heteroatoms. The molecule has 1 atom stereocenters. The number of hydrogen-bond acceptors (Lipinski definition) is 3. The molecule has 2 fully saturated rings. The average molecular weight is 227 g/mol. The van der Waals surface area contributed by atoms with Crippen LogP contribution in [0, 0.1) is 0 Å². The van der Waals surface area contributed by atoms with Crippen molar-refractivity contribution < 1.29 is 14.6 Å². The maximum atomic E-state index is 10.4. The topological polar surface area (TPSA) is 58.6 Å². The van der Waals surface area contributed by atoms with Gasteiger partial charge in [0.05, 0.1) is 12.0 Å². The van der Waals surface area contributed by atoms with Gasteiger partial charge in [0.25, 0.3) is 0 Å². The van der Waals surface area contributed by atoms with Gasteiger partial charge >= 0.3 is 5.97 Å². The van der Waals surface area contributed by atoms with E-state index in [1.165, 1.54) is 25.7 Å². The lowest BCUT2D eigenvalue weighted by Gasteiger charge is -2.38. The predicted molar refractivity (Wildman–Crippen MR) is 60.4 cm³/mol. The summed E-state index contributed by atoms with van der Waals surface area (Å²) in [6.07, 6.45) is 7.22. The number of hydrogen-bond donors (Lipinski definition) is 2. The van der Waals surface area contributed by atoms with Gasteiger partial charge in [0.15, 0.2) is 0 Å². The number of carboxylic acids is 1. The van der Waals surface area contributed by atoms with Crippen molar-refractivity contribution in [2.45, 2.75) is 56.6 Å². The van der Waals surface area contributed by atoms with Crippen molar-refractivity contribution in [1.82, 2.24) is 5.32 Å². The van der Waals surface area contributed by atoms with E-state index in [4.69, 9.17) is 9.84 Å². The van der Waals surface area contributed by atoms with E-state index in [2.05, 4.69) is 5.32 Å². The predicted octanol–water partition coefficient (Wildman–Crippen LogP) is 1.54. The van der Waals surface area contributed by atoms with Crippen LogP contribution in [-0.4, -0.2) is 35.9 Å². The molecule has 16 heavy (non-hydrogen) atoms. The van der Waals surface area contributed by atoms with Gasteiger partial charge in [0.1, 0.15) is 0 Å². The van der Waals surface area contributed by atoms with Crippen LogP contribution in [0.25, 0.3) is 0 Å². The first kappa shape index (κ1) is 11.9. The first-order valence-corrected chi connectivity index (χ1v) is 6.29. The van der Waals surface area contributed by atoms with Crippen molar-refractivity contribution in [3.63, 3.8) is 0 Å². The van der Waals surface area contributed by atoms with E-state index in [0.717, 1.165) is 19.4 Å². The minimum absolute atomic E-state index is 0.124. The maximum Gasteiger partial charge on any atom is 0.304 e. The highest BCUT2D eigenvalue weighted by Crippen LogP contribution is 2.39. The number of rotatable bonds is 4. The fourth-order valence-corrected chi connectivity index (χ4v) is 2.95. The van der Waals surface area contributed by atoms with E-state index in [-0.39, 0.29) is 12.0 Å². The second-order valence-corrected chi connectivity index (χ2v) is 5.03. The van der Waals surface area contributed by atoms with E-state index in [0.29, 0.717) is 12.6 Å². The van der Waals surface area contributed by atoms with Crippen LogP contribution in [0.1, 0.15) is 44.9 Å². The van der Waals surface area contributed by atoms with Crippen molar-refractivity contribution in [1.29, 1.82) is 0 Å². The van der Waals surface area contributed by atoms with Gasteiger partial charge in [-0.15, -0.1) is 0 Å². The molecular formula is C12H21NO3. The van der Waals surface area contributed by atoms with Crippen LogP contribution in [0.2, 0.25) is 0 Å². The molecule has 1 saturated heterocycles. The molecule has 1 saturated carbocycles. The van der Waals surface area contributed by atoms with Crippen LogP contribution in [0.3, 0.4) is 0 Å². The quantitative estimate of drug-likeness (QED) is 0.765. The lowest BCUT2D eigenvalue weighted by molar-refractivity contribution is -0.137. The van der Waals surface area contributed by atoms with Gasteiger partial charge < -0.3 is 15.2 Å². The molecule has 0 aromatic carbocycles. The Morgan fingerprint density at radius 1 is 1.44 bits per heavy atom. The SMILES string of the molecule is O=C(O)CCNC1CCOC2(CCCC2)C1. The van der Waals surface area contributed by atoms with Crippen LogP contribution in [0.5, 0.6) is 0 Å². The third kappa shape index (κ3) is 2.95. The van der Waals surface area contributed by atoms with E-state index in [1.54, 1.807) is 0 Å². The summed E-state index contributed by atoms with van der Waals surface area (Å²) in [5, 5.41) is 11.9. The normalized spacial score (nSPS) is 28.4. The fraction of sp³-hybridized carbons (Fsp3) is 0.917. The summed E-state index contributed by atoms with van der Waals surface area (Å²) in [5.74, 6) is -0.727. The molecule has 2 aliphatic rings. The zero-order chi connectivity index (χ0) is 11.4. The second-order valence-electron chi connectivity index (χ2n) is 5.03. The van der Waals surface area contributed by atoms with Crippen LogP contribution in [0.15, 0.2) is 0 Å². The zero-order valence-corrected chi connectivity index (χ0v) is 9.71. The molecule has 0 aromatic heterocycles. The molecule has 1 aliphatic carbocycles. The molecule has 1 aliphatic heterocycles. The van der Waals surface area contributed by atoms with Crippen LogP contribution < -0.4 is 5.32 Å². The Balaban J connectivity index is 1.76. The summed E-state index contributed by atoms with van der Waals surface area (Å²) in [4.78, 5) is 10.4. The van der Waals surface area contributed by atoms with Gasteiger partial charge in [-0.05, 0) is 25.7 Å². The summed E-state index contributed by atoms with van der Waals surface area (Å²) in [6.45, 7) is 1.40. The largest absolute Gasteiger partial charge is 0.481 e. The zero-order valence-electron chi connectivity index (χ0n) is 9.71. The van der Waals surface area contributed by atoms with E-state index >= 15 is 0 Å². The lowest BCUT2D eigenvalue weighted by Crippen LogP contribution is -2.46. The molecule has 0 bridgehead atoms. The Kier molecular flexibility index (Phi) is 3.82. The Morgan fingerprint density at radius 3 is 2.88 bits per heavy atom. The molecule has 1 unspecified atom stereocenters. The van der Waals surface area contributed by atoms with E-state index < -0.39 is 5.97 Å². The van der Waals surface area contributed by atoms with Crippen LogP contribution in [-0.2, 0) is 9.53 Å². The molecule has 0 aromatic rings. The molecule has 92 valence electrons. The number of nitrogens with one attached hydrogen (secondary N) is 1. The first-order chi connectivity index (χ1) is 7.70. The van der Waals surface area contributed by atoms with Crippen molar-refractivity contribution in [3.05, 3.63) is 0 Å². The lowest BCUT2D eigenvalue weighted by atomic mass is 9.89. The molecule has 4 nitrogen and oxygen atoms in total. The first-order valence-electron chi connectivity index (χ1n) is 6.29. The van der Waals surface area contributed by atoms with Gasteiger partial charge in [0.2, 0.25) is 0 Å². The van der Waals surface area contributed by atoms with E-state index in [9.17, 15) is 4.79 Å². The summed E-state index contributed by atoms with van der Waals surface area (Å²) >= 11 is 0. The van der Waals surface area contributed by atoms with Crippen molar-refractivity contribution in [2.75, 3.05) is 13.2 Å². The van der Waals surface area contributed by atoms with Crippen molar-refractivity contribution >= 4 is 5.97 Å². The molecule has 2 rings (SSSR count).